The lowest BCUT2D eigenvalue weighted by molar-refractivity contribution is 0.144. The molecule has 4 rings (SSSR count). The number of fused-ring (bicyclic) bond motifs is 1. The van der Waals surface area contributed by atoms with Crippen LogP contribution in [0.4, 0.5) is 0 Å². The Kier molecular flexibility index (Phi) is 5.16. The molecule has 0 radical (unpaired) electrons. The van der Waals surface area contributed by atoms with Gasteiger partial charge in [-0.05, 0) is 73.8 Å². The highest BCUT2D eigenvalue weighted by molar-refractivity contribution is 7.71. The Hall–Kier alpha value is -1.96. The van der Waals surface area contributed by atoms with E-state index in [1.54, 1.807) is 7.11 Å². The molecular weight excluding hydrogens is 376 g/mol. The van der Waals surface area contributed by atoms with E-state index in [0.29, 0.717) is 12.7 Å². The van der Waals surface area contributed by atoms with Gasteiger partial charge in [-0.25, -0.2) is 4.68 Å². The number of methoxy groups -OCH3 is 1. The fourth-order valence-electron chi connectivity index (χ4n) is 3.70. The van der Waals surface area contributed by atoms with Crippen LogP contribution in [-0.4, -0.2) is 32.9 Å². The van der Waals surface area contributed by atoms with Crippen molar-refractivity contribution >= 4 is 23.6 Å². The molecule has 0 saturated heterocycles. The second kappa shape index (κ2) is 7.58. The molecule has 3 heterocycles. The van der Waals surface area contributed by atoms with Crippen LogP contribution in [-0.2, 0) is 19.6 Å². The van der Waals surface area contributed by atoms with Crippen LogP contribution in [0.5, 0.6) is 5.75 Å². The lowest BCUT2D eigenvalue weighted by atomic mass is 10.0. The Morgan fingerprint density at radius 2 is 2.04 bits per heavy atom. The summed E-state index contributed by atoms with van der Waals surface area (Å²) in [4.78, 5) is 3.97. The highest BCUT2D eigenvalue weighted by Gasteiger charge is 2.25. The van der Waals surface area contributed by atoms with Crippen LogP contribution in [0.3, 0.4) is 0 Å². The monoisotopic (exact) mass is 400 g/mol. The molecule has 0 bridgehead atoms. The summed E-state index contributed by atoms with van der Waals surface area (Å²) in [5.41, 5.74) is 2.50. The van der Waals surface area contributed by atoms with Crippen molar-refractivity contribution in [2.24, 2.45) is 0 Å². The number of ether oxygens (including phenoxy) is 1. The van der Waals surface area contributed by atoms with E-state index in [-0.39, 0.29) is 0 Å². The van der Waals surface area contributed by atoms with Crippen molar-refractivity contribution in [2.45, 2.75) is 39.5 Å². The first kappa shape index (κ1) is 18.4. The van der Waals surface area contributed by atoms with E-state index in [0.717, 1.165) is 41.4 Å². The minimum atomic E-state index is 0.387. The summed E-state index contributed by atoms with van der Waals surface area (Å²) in [7, 11) is 1.68. The summed E-state index contributed by atoms with van der Waals surface area (Å²) in [6.07, 6.45) is 1.10. The predicted molar refractivity (Wildman–Crippen MR) is 112 cm³/mol. The van der Waals surface area contributed by atoms with Crippen LogP contribution < -0.4 is 4.74 Å². The maximum atomic E-state index is 5.74. The van der Waals surface area contributed by atoms with E-state index in [9.17, 15) is 0 Å². The predicted octanol–water partition coefficient (Wildman–Crippen LogP) is 4.75. The third-order valence-corrected chi connectivity index (χ3v) is 6.73. The zero-order valence-electron chi connectivity index (χ0n) is 15.9. The summed E-state index contributed by atoms with van der Waals surface area (Å²) in [5, 5.41) is 7.07. The number of thiophene rings is 1. The quantitative estimate of drug-likeness (QED) is 0.579. The smallest absolute Gasteiger partial charge is 0.199 e. The zero-order valence-corrected chi connectivity index (χ0v) is 17.5. The van der Waals surface area contributed by atoms with Gasteiger partial charge in [-0.1, -0.05) is 0 Å². The van der Waals surface area contributed by atoms with E-state index in [1.165, 1.54) is 10.4 Å². The minimum absolute atomic E-state index is 0.387. The summed E-state index contributed by atoms with van der Waals surface area (Å²) in [6, 6.07) is 10.6. The number of hydrogen-bond acceptors (Lipinski definition) is 5. The van der Waals surface area contributed by atoms with Crippen molar-refractivity contribution < 1.29 is 4.74 Å². The second-order valence-corrected chi connectivity index (χ2v) is 8.12. The van der Waals surface area contributed by atoms with Gasteiger partial charge < -0.3 is 9.30 Å². The fraction of sp³-hybridized carbons (Fsp3) is 0.400. The molecule has 1 atom stereocenters. The maximum Gasteiger partial charge on any atom is 0.199 e. The van der Waals surface area contributed by atoms with Crippen molar-refractivity contribution in [3.05, 3.63) is 50.9 Å². The third kappa shape index (κ3) is 3.35. The summed E-state index contributed by atoms with van der Waals surface area (Å²) < 4.78 is 10.1. The van der Waals surface area contributed by atoms with Gasteiger partial charge >= 0.3 is 0 Å². The molecule has 0 N–H and O–H groups in total. The van der Waals surface area contributed by atoms with E-state index in [4.69, 9.17) is 22.1 Å². The number of aromatic nitrogens is 3. The molecule has 0 aliphatic carbocycles. The van der Waals surface area contributed by atoms with Gasteiger partial charge in [-0.15, -0.1) is 11.3 Å². The minimum Gasteiger partial charge on any atom is -0.497 e. The van der Waals surface area contributed by atoms with Crippen LogP contribution >= 0.6 is 23.6 Å². The van der Waals surface area contributed by atoms with Gasteiger partial charge in [0.1, 0.15) is 5.75 Å². The van der Waals surface area contributed by atoms with Gasteiger partial charge in [0.25, 0.3) is 0 Å². The molecule has 1 aliphatic rings. The normalized spacial score (nSPS) is 17.1. The zero-order chi connectivity index (χ0) is 19.0. The van der Waals surface area contributed by atoms with Crippen LogP contribution in [0.15, 0.2) is 35.7 Å². The topological polar surface area (TPSA) is 35.2 Å². The van der Waals surface area contributed by atoms with Crippen molar-refractivity contribution in [3.8, 4) is 17.1 Å². The second-order valence-electron chi connectivity index (χ2n) is 6.76. The fourth-order valence-corrected chi connectivity index (χ4v) is 4.98. The van der Waals surface area contributed by atoms with Gasteiger partial charge in [0, 0.05) is 29.6 Å². The van der Waals surface area contributed by atoms with E-state index >= 15 is 0 Å². The first-order chi connectivity index (χ1) is 13.1. The molecule has 0 unspecified atom stereocenters. The summed E-state index contributed by atoms with van der Waals surface area (Å²) >= 11 is 7.61. The van der Waals surface area contributed by atoms with Crippen molar-refractivity contribution in [1.82, 2.24) is 19.2 Å². The van der Waals surface area contributed by atoms with Crippen LogP contribution in [0.25, 0.3) is 11.4 Å². The molecule has 0 saturated carbocycles. The largest absolute Gasteiger partial charge is 0.497 e. The molecule has 1 aliphatic heterocycles. The van der Waals surface area contributed by atoms with Gasteiger partial charge in [0.15, 0.2) is 10.6 Å². The SMILES string of the molecule is CCn1c(-c2ccc(OC)cc2)nn(CN2CCc3sccc3[C@@H]2C)c1=S. The standard InChI is InChI=1S/C20H24N4OS2/c1-4-23-19(15-5-7-16(25-3)8-6-15)21-24(20(23)26)13-22-11-9-18-17(14(22)2)10-12-27-18/h5-8,10,12,14H,4,9,11,13H2,1-3H3/t14-/m0/s1. The van der Waals surface area contributed by atoms with E-state index in [1.807, 2.05) is 40.3 Å². The molecule has 3 aromatic rings. The number of benzene rings is 1. The summed E-state index contributed by atoms with van der Waals surface area (Å²) in [6.45, 7) is 6.93. The van der Waals surface area contributed by atoms with Crippen LogP contribution in [0, 0.1) is 4.77 Å². The molecule has 27 heavy (non-hydrogen) atoms. The van der Waals surface area contributed by atoms with Crippen LogP contribution in [0.2, 0.25) is 0 Å². The van der Waals surface area contributed by atoms with Gasteiger partial charge in [-0.2, -0.15) is 5.10 Å². The summed E-state index contributed by atoms with van der Waals surface area (Å²) in [5.74, 6) is 1.75. The Balaban J connectivity index is 1.64. The van der Waals surface area contributed by atoms with E-state index < -0.39 is 0 Å². The lowest BCUT2D eigenvalue weighted by Crippen LogP contribution is -2.35. The molecule has 142 valence electrons. The number of rotatable bonds is 5. The molecule has 0 amide bonds. The molecule has 2 aromatic heterocycles. The highest BCUT2D eigenvalue weighted by atomic mass is 32.1. The van der Waals surface area contributed by atoms with Gasteiger partial charge in [0.2, 0.25) is 0 Å². The Morgan fingerprint density at radius 1 is 1.26 bits per heavy atom. The van der Waals surface area contributed by atoms with E-state index in [2.05, 4.69) is 34.8 Å². The first-order valence-corrected chi connectivity index (χ1v) is 10.5. The first-order valence-electron chi connectivity index (χ1n) is 9.24. The highest BCUT2D eigenvalue weighted by Crippen LogP contribution is 2.33. The third-order valence-electron chi connectivity index (χ3n) is 5.31. The Labute approximate surface area is 168 Å². The molecule has 0 spiro atoms. The molecule has 7 heteroatoms. The van der Waals surface area contributed by atoms with Crippen molar-refractivity contribution in [3.63, 3.8) is 0 Å². The number of hydrogen-bond donors (Lipinski definition) is 0. The number of nitrogens with zero attached hydrogens (tertiary/aromatic N) is 4. The van der Waals surface area contributed by atoms with Crippen molar-refractivity contribution in [2.75, 3.05) is 13.7 Å². The molecule has 5 nitrogen and oxygen atoms in total. The Morgan fingerprint density at radius 3 is 2.74 bits per heavy atom. The average Bonchev–Trinajstić information content (AvgIpc) is 3.29. The van der Waals surface area contributed by atoms with Gasteiger partial charge in [0.05, 0.1) is 13.8 Å². The molecule has 1 aromatic carbocycles. The Bertz CT molecular complexity index is 986. The van der Waals surface area contributed by atoms with Crippen molar-refractivity contribution in [1.29, 1.82) is 0 Å². The molecule has 0 fully saturated rings. The maximum absolute atomic E-state index is 5.74. The van der Waals surface area contributed by atoms with Crippen LogP contribution in [0.1, 0.15) is 30.3 Å². The van der Waals surface area contributed by atoms with Gasteiger partial charge in [-0.3, -0.25) is 4.90 Å². The average molecular weight is 401 g/mol. The molecular formula is C20H24N4OS2. The lowest BCUT2D eigenvalue weighted by Gasteiger charge is -2.33.